The second kappa shape index (κ2) is 10.5. The molecule has 2 aromatic rings. The van der Waals surface area contributed by atoms with Gasteiger partial charge < -0.3 is 10.6 Å². The lowest BCUT2D eigenvalue weighted by atomic mass is 10.1. The number of hydrogen-bond donors (Lipinski definition) is 2. The second-order valence-corrected chi connectivity index (χ2v) is 10.3. The number of nitrogens with one attached hydrogen (secondary N) is 2. The highest BCUT2D eigenvalue weighted by molar-refractivity contribution is 7.89. The first-order valence-electron chi connectivity index (χ1n) is 10.7. The van der Waals surface area contributed by atoms with Crippen molar-refractivity contribution in [3.8, 4) is 0 Å². The van der Waals surface area contributed by atoms with Gasteiger partial charge in [-0.15, -0.1) is 0 Å². The van der Waals surface area contributed by atoms with Crippen molar-refractivity contribution in [3.63, 3.8) is 0 Å². The molecular formula is C23H28ClN3O4S. The van der Waals surface area contributed by atoms with Crippen LogP contribution >= 0.6 is 11.6 Å². The Labute approximate surface area is 194 Å². The van der Waals surface area contributed by atoms with Crippen LogP contribution in [0, 0.1) is 5.92 Å². The van der Waals surface area contributed by atoms with Crippen molar-refractivity contribution in [2.45, 2.75) is 44.6 Å². The summed E-state index contributed by atoms with van der Waals surface area (Å²) >= 11 is 6.19. The first-order chi connectivity index (χ1) is 15.2. The Bertz CT molecular complexity index is 1100. The van der Waals surface area contributed by atoms with Crippen molar-refractivity contribution in [1.29, 1.82) is 0 Å². The van der Waals surface area contributed by atoms with E-state index in [0.29, 0.717) is 18.8 Å². The average Bonchev–Trinajstić information content (AvgIpc) is 3.33. The highest BCUT2D eigenvalue weighted by Crippen LogP contribution is 2.25. The van der Waals surface area contributed by atoms with E-state index in [1.54, 1.807) is 18.2 Å². The number of sulfonamides is 1. The highest BCUT2D eigenvalue weighted by atomic mass is 35.5. The predicted molar refractivity (Wildman–Crippen MR) is 125 cm³/mol. The smallest absolute Gasteiger partial charge is 0.253 e. The van der Waals surface area contributed by atoms with Gasteiger partial charge in [-0.1, -0.05) is 37.6 Å². The zero-order chi connectivity index (χ0) is 23.3. The van der Waals surface area contributed by atoms with Gasteiger partial charge in [0.05, 0.1) is 15.5 Å². The molecule has 3 rings (SSSR count). The molecule has 0 radical (unpaired) electrons. The molecule has 1 aliphatic rings. The summed E-state index contributed by atoms with van der Waals surface area (Å²) in [5.74, 6) is -0.622. The molecule has 0 saturated carbocycles. The number of anilines is 1. The normalized spacial score (nSPS) is 15.3. The molecule has 1 fully saturated rings. The fraction of sp³-hybridized carbons (Fsp3) is 0.391. The van der Waals surface area contributed by atoms with Crippen LogP contribution in [0.5, 0.6) is 0 Å². The summed E-state index contributed by atoms with van der Waals surface area (Å²) in [6.45, 7) is 4.98. The van der Waals surface area contributed by atoms with Gasteiger partial charge in [-0.3, -0.25) is 9.59 Å². The Morgan fingerprint density at radius 2 is 1.84 bits per heavy atom. The van der Waals surface area contributed by atoms with E-state index in [1.807, 2.05) is 19.9 Å². The van der Waals surface area contributed by atoms with Crippen LogP contribution in [0.1, 0.15) is 49.0 Å². The largest absolute Gasteiger partial charge is 0.348 e. The lowest BCUT2D eigenvalue weighted by Gasteiger charge is -2.16. The molecule has 0 aromatic heterocycles. The van der Waals surface area contributed by atoms with E-state index in [4.69, 9.17) is 11.6 Å². The fourth-order valence-corrected chi connectivity index (χ4v) is 5.15. The number of carbonyl (C=O) groups is 2. The maximum Gasteiger partial charge on any atom is 0.253 e. The number of halogens is 1. The Balaban J connectivity index is 1.70. The number of carbonyl (C=O) groups excluding carboxylic acids is 2. The molecule has 0 bridgehead atoms. The summed E-state index contributed by atoms with van der Waals surface area (Å²) in [7, 11) is -3.65. The third-order valence-corrected chi connectivity index (χ3v) is 7.82. The Hall–Kier alpha value is -2.42. The summed E-state index contributed by atoms with van der Waals surface area (Å²) in [4.78, 5) is 24.9. The van der Waals surface area contributed by atoms with Gasteiger partial charge >= 0.3 is 0 Å². The second-order valence-electron chi connectivity index (χ2n) is 7.93. The fourth-order valence-electron chi connectivity index (χ4n) is 3.40. The standard InChI is InChI=1S/C23H28ClN3O4S/c1-3-16(2)22(28)26-18-8-6-7-17(13-18)15-25-23(29)20-14-19(9-10-21(20)24)32(30,31)27-11-4-5-12-27/h6-10,13-14,16H,3-5,11-12,15H2,1-2H3,(H,25,29)(H,26,28). The highest BCUT2D eigenvalue weighted by Gasteiger charge is 2.28. The topological polar surface area (TPSA) is 95.6 Å². The SMILES string of the molecule is CCC(C)C(=O)Nc1cccc(CNC(=O)c2cc(S(=O)(=O)N3CCCC3)ccc2Cl)c1. The van der Waals surface area contributed by atoms with E-state index in [-0.39, 0.29) is 33.9 Å². The van der Waals surface area contributed by atoms with Crippen LogP contribution in [0.15, 0.2) is 47.4 Å². The van der Waals surface area contributed by atoms with Gasteiger partial charge in [0.1, 0.15) is 0 Å². The number of nitrogens with zero attached hydrogens (tertiary/aromatic N) is 1. The van der Waals surface area contributed by atoms with Crippen LogP contribution < -0.4 is 10.6 Å². The van der Waals surface area contributed by atoms with Crippen LogP contribution in [-0.2, 0) is 21.4 Å². The molecule has 0 aliphatic carbocycles. The molecule has 0 spiro atoms. The van der Waals surface area contributed by atoms with Gasteiger partial charge in [0.25, 0.3) is 5.91 Å². The number of hydrogen-bond acceptors (Lipinski definition) is 4. The van der Waals surface area contributed by atoms with Crippen molar-refractivity contribution >= 4 is 39.1 Å². The van der Waals surface area contributed by atoms with Crippen molar-refractivity contribution in [3.05, 3.63) is 58.6 Å². The molecule has 2 N–H and O–H groups in total. The Morgan fingerprint density at radius 3 is 2.53 bits per heavy atom. The minimum atomic E-state index is -3.65. The van der Waals surface area contributed by atoms with Crippen molar-refractivity contribution < 1.29 is 18.0 Å². The molecular weight excluding hydrogens is 450 g/mol. The molecule has 32 heavy (non-hydrogen) atoms. The van der Waals surface area contributed by atoms with Gasteiger partial charge in [0.15, 0.2) is 0 Å². The quantitative estimate of drug-likeness (QED) is 0.599. The van der Waals surface area contributed by atoms with Crippen LogP contribution in [0.2, 0.25) is 5.02 Å². The molecule has 2 amide bonds. The third kappa shape index (κ3) is 5.68. The molecule has 1 aliphatic heterocycles. The minimum Gasteiger partial charge on any atom is -0.348 e. The molecule has 172 valence electrons. The molecule has 1 unspecified atom stereocenters. The van der Waals surface area contributed by atoms with Crippen molar-refractivity contribution in [1.82, 2.24) is 9.62 Å². The van der Waals surface area contributed by atoms with Gasteiger partial charge in [-0.2, -0.15) is 4.31 Å². The van der Waals surface area contributed by atoms with E-state index < -0.39 is 15.9 Å². The first-order valence-corrected chi connectivity index (χ1v) is 12.5. The van der Waals surface area contributed by atoms with E-state index >= 15 is 0 Å². The summed E-state index contributed by atoms with van der Waals surface area (Å²) in [6.07, 6.45) is 2.41. The van der Waals surface area contributed by atoms with Crippen LogP contribution in [-0.4, -0.2) is 37.6 Å². The average molecular weight is 478 g/mol. The maximum atomic E-state index is 12.8. The predicted octanol–water partition coefficient (Wildman–Crippen LogP) is 4.04. The maximum absolute atomic E-state index is 12.8. The van der Waals surface area contributed by atoms with Crippen molar-refractivity contribution in [2.24, 2.45) is 5.92 Å². The molecule has 7 nitrogen and oxygen atoms in total. The summed E-state index contributed by atoms with van der Waals surface area (Å²) in [6, 6.07) is 11.4. The van der Waals surface area contributed by atoms with Gasteiger partial charge in [-0.05, 0) is 55.2 Å². The Kier molecular flexibility index (Phi) is 7.92. The summed E-state index contributed by atoms with van der Waals surface area (Å²) in [5.41, 5.74) is 1.55. The van der Waals surface area contributed by atoms with Crippen LogP contribution in [0.25, 0.3) is 0 Å². The van der Waals surface area contributed by atoms with Gasteiger partial charge in [0, 0.05) is 31.2 Å². The summed E-state index contributed by atoms with van der Waals surface area (Å²) in [5, 5.41) is 5.82. The number of amides is 2. The van der Waals surface area contributed by atoms with E-state index in [2.05, 4.69) is 10.6 Å². The van der Waals surface area contributed by atoms with E-state index in [9.17, 15) is 18.0 Å². The minimum absolute atomic E-state index is 0.0588. The molecule has 2 aromatic carbocycles. The molecule has 1 saturated heterocycles. The molecule has 9 heteroatoms. The number of rotatable bonds is 8. The number of benzene rings is 2. The first kappa shape index (κ1) is 24.2. The zero-order valence-corrected chi connectivity index (χ0v) is 19.8. The molecule has 1 atom stereocenters. The lowest BCUT2D eigenvalue weighted by molar-refractivity contribution is -0.119. The van der Waals surface area contributed by atoms with E-state index in [0.717, 1.165) is 24.8 Å². The zero-order valence-electron chi connectivity index (χ0n) is 18.2. The van der Waals surface area contributed by atoms with Crippen LogP contribution in [0.4, 0.5) is 5.69 Å². The summed E-state index contributed by atoms with van der Waals surface area (Å²) < 4.78 is 27.1. The lowest BCUT2D eigenvalue weighted by Crippen LogP contribution is -2.28. The Morgan fingerprint density at radius 1 is 1.12 bits per heavy atom. The monoisotopic (exact) mass is 477 g/mol. The van der Waals surface area contributed by atoms with E-state index in [1.165, 1.54) is 22.5 Å². The molecule has 1 heterocycles. The van der Waals surface area contributed by atoms with Gasteiger partial charge in [0.2, 0.25) is 15.9 Å². The van der Waals surface area contributed by atoms with Crippen LogP contribution in [0.3, 0.4) is 0 Å². The van der Waals surface area contributed by atoms with Gasteiger partial charge in [-0.25, -0.2) is 8.42 Å². The van der Waals surface area contributed by atoms with Crippen molar-refractivity contribution in [2.75, 3.05) is 18.4 Å². The third-order valence-electron chi connectivity index (χ3n) is 5.59.